The number of nitrogens with zero attached hydrogens (tertiary/aromatic N) is 3. The number of pyridine rings is 2. The first kappa shape index (κ1) is 20.2. The second kappa shape index (κ2) is 7.84. The first-order chi connectivity index (χ1) is 15.5. The molecule has 6 heterocycles. The van der Waals surface area contributed by atoms with E-state index in [4.69, 9.17) is 0 Å². The van der Waals surface area contributed by atoms with Crippen molar-refractivity contribution < 1.29 is 8.78 Å². The van der Waals surface area contributed by atoms with Gasteiger partial charge in [-0.15, -0.1) is 0 Å². The minimum absolute atomic E-state index is 0.0575. The van der Waals surface area contributed by atoms with Crippen LogP contribution in [0.1, 0.15) is 41.7 Å². The number of aromatic nitrogens is 3. The monoisotopic (exact) mass is 439 g/mol. The van der Waals surface area contributed by atoms with E-state index in [2.05, 4.69) is 49.3 Å². The Hall–Kier alpha value is -2.46. The molecule has 0 bridgehead atoms. The maximum absolute atomic E-state index is 13.6. The SMILES string of the molecule is FC1(F)CCN(Cc2cncc(C3CC4C(CN3)NNC4c3cc4cccnc4[nH]3)c2)C1. The highest BCUT2D eigenvalue weighted by Crippen LogP contribution is 2.39. The van der Waals surface area contributed by atoms with Crippen LogP contribution in [-0.2, 0) is 6.54 Å². The van der Waals surface area contributed by atoms with E-state index < -0.39 is 5.92 Å². The fraction of sp³-hybridized carbons (Fsp3) is 0.478. The van der Waals surface area contributed by atoms with E-state index in [9.17, 15) is 8.78 Å². The fourth-order valence-electron chi connectivity index (χ4n) is 5.46. The number of rotatable bonds is 4. The highest BCUT2D eigenvalue weighted by Gasteiger charge is 2.42. The van der Waals surface area contributed by atoms with Gasteiger partial charge < -0.3 is 10.3 Å². The Morgan fingerprint density at radius 1 is 1.19 bits per heavy atom. The first-order valence-electron chi connectivity index (χ1n) is 11.3. The Labute approximate surface area is 185 Å². The van der Waals surface area contributed by atoms with Gasteiger partial charge in [0.25, 0.3) is 5.92 Å². The standard InChI is InChI=1S/C23H27F2N7/c24-23(25)3-5-32(13-23)12-14-6-16(10-26-9-14)18-8-17-20(11-28-18)30-31-21(17)19-7-15-2-1-4-27-22(15)29-19/h1-2,4,6-7,9-10,17-18,20-21,28,30-31H,3,5,8,11-13H2,(H,27,29). The molecule has 168 valence electrons. The molecule has 3 saturated heterocycles. The lowest BCUT2D eigenvalue weighted by Crippen LogP contribution is -2.46. The van der Waals surface area contributed by atoms with Crippen LogP contribution < -0.4 is 16.2 Å². The normalized spacial score (nSPS) is 30.1. The van der Waals surface area contributed by atoms with Gasteiger partial charge in [-0.05, 0) is 41.8 Å². The molecule has 7 nitrogen and oxygen atoms in total. The Morgan fingerprint density at radius 2 is 2.12 bits per heavy atom. The summed E-state index contributed by atoms with van der Waals surface area (Å²) in [6.45, 7) is 1.63. The summed E-state index contributed by atoms with van der Waals surface area (Å²) in [6, 6.07) is 9.00. The number of hydrogen-bond donors (Lipinski definition) is 4. The fourth-order valence-corrected chi connectivity index (χ4v) is 5.46. The molecule has 0 aliphatic carbocycles. The van der Waals surface area contributed by atoms with Crippen LogP contribution in [0.3, 0.4) is 0 Å². The van der Waals surface area contributed by atoms with Gasteiger partial charge in [-0.3, -0.25) is 15.3 Å². The van der Waals surface area contributed by atoms with E-state index in [-0.39, 0.29) is 25.0 Å². The summed E-state index contributed by atoms with van der Waals surface area (Å²) in [7, 11) is 0. The number of aromatic amines is 1. The van der Waals surface area contributed by atoms with Gasteiger partial charge in [-0.1, -0.05) is 0 Å². The van der Waals surface area contributed by atoms with Gasteiger partial charge in [0.2, 0.25) is 0 Å². The Kier molecular flexibility index (Phi) is 4.94. The highest BCUT2D eigenvalue weighted by atomic mass is 19.3. The third-order valence-electron chi connectivity index (χ3n) is 7.08. The molecule has 0 aromatic carbocycles. The Balaban J connectivity index is 1.19. The smallest absolute Gasteiger partial charge is 0.261 e. The van der Waals surface area contributed by atoms with Crippen molar-refractivity contribution >= 4 is 11.0 Å². The zero-order valence-electron chi connectivity index (χ0n) is 17.7. The van der Waals surface area contributed by atoms with Crippen LogP contribution in [0.2, 0.25) is 0 Å². The summed E-state index contributed by atoms with van der Waals surface area (Å²) in [6.07, 6.45) is 6.39. The largest absolute Gasteiger partial charge is 0.342 e. The number of likely N-dealkylation sites (tertiary alicyclic amines) is 1. The number of hydrazine groups is 1. The summed E-state index contributed by atoms with van der Waals surface area (Å²) in [5.74, 6) is -2.17. The van der Waals surface area contributed by atoms with E-state index in [0.29, 0.717) is 25.0 Å². The molecule has 4 atom stereocenters. The molecule has 4 unspecified atom stereocenters. The number of fused-ring (bicyclic) bond motifs is 2. The predicted octanol–water partition coefficient (Wildman–Crippen LogP) is 2.67. The number of hydrogen-bond acceptors (Lipinski definition) is 6. The van der Waals surface area contributed by atoms with Gasteiger partial charge in [0, 0.05) is 73.7 Å². The molecule has 3 fully saturated rings. The number of H-pyrrole nitrogens is 1. The van der Waals surface area contributed by atoms with Crippen molar-refractivity contribution in [2.45, 2.75) is 43.4 Å². The third-order valence-corrected chi connectivity index (χ3v) is 7.08. The van der Waals surface area contributed by atoms with E-state index in [1.54, 1.807) is 12.4 Å². The van der Waals surface area contributed by atoms with Gasteiger partial charge in [0.1, 0.15) is 5.65 Å². The lowest BCUT2D eigenvalue weighted by Gasteiger charge is -2.34. The molecule has 3 aromatic rings. The van der Waals surface area contributed by atoms with Crippen molar-refractivity contribution in [3.63, 3.8) is 0 Å². The van der Waals surface area contributed by atoms with Crippen molar-refractivity contribution in [3.05, 3.63) is 59.7 Å². The van der Waals surface area contributed by atoms with E-state index in [1.807, 2.05) is 17.2 Å². The van der Waals surface area contributed by atoms with E-state index in [1.165, 1.54) is 0 Å². The molecule has 4 N–H and O–H groups in total. The molecular weight excluding hydrogens is 412 g/mol. The lowest BCUT2D eigenvalue weighted by molar-refractivity contribution is 0.0115. The van der Waals surface area contributed by atoms with Crippen molar-refractivity contribution in [1.82, 2.24) is 36.0 Å². The summed E-state index contributed by atoms with van der Waals surface area (Å²) >= 11 is 0. The summed E-state index contributed by atoms with van der Waals surface area (Å²) in [5, 5.41) is 4.75. The topological polar surface area (TPSA) is 80.9 Å². The second-order valence-electron chi connectivity index (χ2n) is 9.34. The van der Waals surface area contributed by atoms with Crippen LogP contribution in [0.25, 0.3) is 11.0 Å². The van der Waals surface area contributed by atoms with Crippen molar-refractivity contribution in [2.24, 2.45) is 5.92 Å². The van der Waals surface area contributed by atoms with Gasteiger partial charge in [0.15, 0.2) is 0 Å². The van der Waals surface area contributed by atoms with Gasteiger partial charge in [-0.25, -0.2) is 19.2 Å². The second-order valence-corrected chi connectivity index (χ2v) is 9.34. The molecule has 3 aliphatic heterocycles. The third kappa shape index (κ3) is 3.79. The minimum Gasteiger partial charge on any atom is -0.342 e. The molecule has 0 amide bonds. The maximum Gasteiger partial charge on any atom is 0.261 e. The molecule has 0 saturated carbocycles. The van der Waals surface area contributed by atoms with E-state index in [0.717, 1.165) is 40.8 Å². The molecule has 3 aliphatic rings. The van der Waals surface area contributed by atoms with Crippen molar-refractivity contribution in [1.29, 1.82) is 0 Å². The molecule has 9 heteroatoms. The van der Waals surface area contributed by atoms with Crippen LogP contribution in [0, 0.1) is 5.92 Å². The zero-order chi connectivity index (χ0) is 21.7. The number of piperidine rings is 1. The average Bonchev–Trinajstić information content (AvgIpc) is 3.49. The van der Waals surface area contributed by atoms with Crippen LogP contribution in [0.5, 0.6) is 0 Å². The van der Waals surface area contributed by atoms with Crippen LogP contribution in [0.4, 0.5) is 8.78 Å². The molecular formula is C23H27F2N7. The van der Waals surface area contributed by atoms with Crippen molar-refractivity contribution in [3.8, 4) is 0 Å². The maximum atomic E-state index is 13.6. The quantitative estimate of drug-likeness (QED) is 0.501. The van der Waals surface area contributed by atoms with Crippen LogP contribution >= 0.6 is 0 Å². The lowest BCUT2D eigenvalue weighted by atomic mass is 9.81. The van der Waals surface area contributed by atoms with Crippen LogP contribution in [0.15, 0.2) is 42.9 Å². The van der Waals surface area contributed by atoms with E-state index >= 15 is 0 Å². The molecule has 3 aromatic heterocycles. The summed E-state index contributed by atoms with van der Waals surface area (Å²) in [4.78, 5) is 14.1. The summed E-state index contributed by atoms with van der Waals surface area (Å²) in [5.41, 5.74) is 11.1. The summed E-state index contributed by atoms with van der Waals surface area (Å²) < 4.78 is 27.1. The average molecular weight is 440 g/mol. The molecule has 32 heavy (non-hydrogen) atoms. The minimum atomic E-state index is -2.57. The molecule has 0 radical (unpaired) electrons. The van der Waals surface area contributed by atoms with Crippen molar-refractivity contribution in [2.75, 3.05) is 19.6 Å². The number of alkyl halides is 2. The first-order valence-corrected chi connectivity index (χ1v) is 11.3. The van der Waals surface area contributed by atoms with Crippen LogP contribution in [-0.4, -0.2) is 51.5 Å². The Bertz CT molecular complexity index is 1080. The van der Waals surface area contributed by atoms with Gasteiger partial charge in [-0.2, -0.15) is 0 Å². The molecule has 0 spiro atoms. The zero-order valence-corrected chi connectivity index (χ0v) is 17.7. The predicted molar refractivity (Wildman–Crippen MR) is 117 cm³/mol. The van der Waals surface area contributed by atoms with Gasteiger partial charge >= 0.3 is 0 Å². The highest BCUT2D eigenvalue weighted by molar-refractivity contribution is 5.76. The number of halogens is 2. The molecule has 6 rings (SSSR count). The van der Waals surface area contributed by atoms with Gasteiger partial charge in [0.05, 0.1) is 12.6 Å². The number of nitrogens with one attached hydrogen (secondary N) is 4. The Morgan fingerprint density at radius 3 is 2.97 bits per heavy atom.